The van der Waals surface area contributed by atoms with Crippen molar-refractivity contribution >= 4 is 11.6 Å². The first-order valence-electron chi connectivity index (χ1n) is 7.01. The van der Waals surface area contributed by atoms with Crippen molar-refractivity contribution in [3.05, 3.63) is 12.1 Å². The second-order valence-corrected chi connectivity index (χ2v) is 4.93. The molecule has 6 heteroatoms. The van der Waals surface area contributed by atoms with Gasteiger partial charge < -0.3 is 24.8 Å². The Kier molecular flexibility index (Phi) is 5.27. The van der Waals surface area contributed by atoms with Gasteiger partial charge in [0.05, 0.1) is 27.0 Å². The molecule has 0 spiro atoms. The number of carbonyl (C=O) groups excluding carboxylic acids is 1. The van der Waals surface area contributed by atoms with Crippen LogP contribution in [0.2, 0.25) is 0 Å². The lowest BCUT2D eigenvalue weighted by Crippen LogP contribution is -2.27. The van der Waals surface area contributed by atoms with E-state index in [1.807, 2.05) is 0 Å². The van der Waals surface area contributed by atoms with Crippen LogP contribution in [-0.2, 0) is 4.79 Å². The highest BCUT2D eigenvalue weighted by atomic mass is 16.5. The molecule has 0 aliphatic carbocycles. The van der Waals surface area contributed by atoms with Gasteiger partial charge in [0.1, 0.15) is 0 Å². The zero-order valence-corrected chi connectivity index (χ0v) is 12.7. The molecule has 1 heterocycles. The van der Waals surface area contributed by atoms with Crippen molar-refractivity contribution < 1.29 is 19.0 Å². The fourth-order valence-electron chi connectivity index (χ4n) is 2.56. The van der Waals surface area contributed by atoms with Gasteiger partial charge in [-0.05, 0) is 31.5 Å². The maximum atomic E-state index is 12.1. The SMILES string of the molecule is COc1ccc(NC(=O)CC2CCCN2)c(OC)c1OC. The van der Waals surface area contributed by atoms with E-state index in [4.69, 9.17) is 14.2 Å². The van der Waals surface area contributed by atoms with Crippen molar-refractivity contribution in [3.63, 3.8) is 0 Å². The summed E-state index contributed by atoms with van der Waals surface area (Å²) in [5.74, 6) is 1.45. The quantitative estimate of drug-likeness (QED) is 0.837. The molecule has 6 nitrogen and oxygen atoms in total. The van der Waals surface area contributed by atoms with Crippen LogP contribution < -0.4 is 24.8 Å². The number of anilines is 1. The molecular formula is C15H22N2O4. The second kappa shape index (κ2) is 7.17. The molecule has 0 saturated carbocycles. The standard InChI is InChI=1S/C15H22N2O4/c1-19-12-7-6-11(14(20-2)15(12)21-3)17-13(18)9-10-5-4-8-16-10/h6-7,10,16H,4-5,8-9H2,1-3H3,(H,17,18). The molecule has 21 heavy (non-hydrogen) atoms. The predicted octanol–water partition coefficient (Wildman–Crippen LogP) is 1.79. The van der Waals surface area contributed by atoms with Crippen LogP contribution in [0.15, 0.2) is 12.1 Å². The molecule has 0 aromatic heterocycles. The minimum Gasteiger partial charge on any atom is -0.493 e. The van der Waals surface area contributed by atoms with E-state index >= 15 is 0 Å². The van der Waals surface area contributed by atoms with Crippen molar-refractivity contribution in [1.82, 2.24) is 5.32 Å². The van der Waals surface area contributed by atoms with Crippen molar-refractivity contribution in [2.24, 2.45) is 0 Å². The molecule has 0 bridgehead atoms. The summed E-state index contributed by atoms with van der Waals surface area (Å²) in [7, 11) is 4.63. The highest BCUT2D eigenvalue weighted by molar-refractivity contribution is 5.93. The van der Waals surface area contributed by atoms with Crippen LogP contribution in [-0.4, -0.2) is 39.8 Å². The lowest BCUT2D eigenvalue weighted by atomic mass is 10.1. The summed E-state index contributed by atoms with van der Waals surface area (Å²) in [5, 5.41) is 6.18. The zero-order valence-electron chi connectivity index (χ0n) is 12.7. The average molecular weight is 294 g/mol. The first-order chi connectivity index (χ1) is 10.2. The number of amides is 1. The largest absolute Gasteiger partial charge is 0.493 e. The first kappa shape index (κ1) is 15.4. The van der Waals surface area contributed by atoms with Crippen LogP contribution in [0.5, 0.6) is 17.2 Å². The van der Waals surface area contributed by atoms with Crippen molar-refractivity contribution in [2.45, 2.75) is 25.3 Å². The molecule has 116 valence electrons. The van der Waals surface area contributed by atoms with E-state index in [9.17, 15) is 4.79 Å². The Morgan fingerprint density at radius 2 is 2.00 bits per heavy atom. The molecule has 2 N–H and O–H groups in total. The molecule has 1 aromatic carbocycles. The Labute approximate surface area is 124 Å². The van der Waals surface area contributed by atoms with Gasteiger partial charge in [-0.1, -0.05) is 0 Å². The molecule has 1 fully saturated rings. The summed E-state index contributed by atoms with van der Waals surface area (Å²) in [6.07, 6.45) is 2.62. The van der Waals surface area contributed by atoms with Gasteiger partial charge in [0.2, 0.25) is 11.7 Å². The Bertz CT molecular complexity index is 499. The topological polar surface area (TPSA) is 68.8 Å². The van der Waals surface area contributed by atoms with Gasteiger partial charge in [-0.15, -0.1) is 0 Å². The molecular weight excluding hydrogens is 272 g/mol. The van der Waals surface area contributed by atoms with Crippen LogP contribution in [0.25, 0.3) is 0 Å². The van der Waals surface area contributed by atoms with E-state index in [2.05, 4.69) is 10.6 Å². The van der Waals surface area contributed by atoms with Crippen LogP contribution in [0, 0.1) is 0 Å². The molecule has 1 aliphatic heterocycles. The van der Waals surface area contributed by atoms with Crippen molar-refractivity contribution in [3.8, 4) is 17.2 Å². The number of ether oxygens (including phenoxy) is 3. The van der Waals surface area contributed by atoms with Crippen LogP contribution in [0.1, 0.15) is 19.3 Å². The number of hydrogen-bond acceptors (Lipinski definition) is 5. The van der Waals surface area contributed by atoms with E-state index < -0.39 is 0 Å². The molecule has 1 atom stereocenters. The highest BCUT2D eigenvalue weighted by Gasteiger charge is 2.20. The summed E-state index contributed by atoms with van der Waals surface area (Å²) in [4.78, 5) is 12.1. The monoisotopic (exact) mass is 294 g/mol. The van der Waals surface area contributed by atoms with Gasteiger partial charge in [-0.25, -0.2) is 0 Å². The fourth-order valence-corrected chi connectivity index (χ4v) is 2.56. The lowest BCUT2D eigenvalue weighted by molar-refractivity contribution is -0.116. The maximum Gasteiger partial charge on any atom is 0.226 e. The molecule has 1 saturated heterocycles. The van der Waals surface area contributed by atoms with E-state index in [1.165, 1.54) is 14.2 Å². The molecule has 1 unspecified atom stereocenters. The fraction of sp³-hybridized carbons (Fsp3) is 0.533. The van der Waals surface area contributed by atoms with Crippen LogP contribution in [0.3, 0.4) is 0 Å². The summed E-state index contributed by atoms with van der Waals surface area (Å²) < 4.78 is 15.9. The van der Waals surface area contributed by atoms with Gasteiger partial charge >= 0.3 is 0 Å². The smallest absolute Gasteiger partial charge is 0.226 e. The van der Waals surface area contributed by atoms with E-state index in [0.717, 1.165) is 19.4 Å². The normalized spacial score (nSPS) is 17.4. The minimum atomic E-state index is -0.0417. The van der Waals surface area contributed by atoms with E-state index in [1.54, 1.807) is 19.2 Å². The van der Waals surface area contributed by atoms with Gasteiger partial charge in [-0.3, -0.25) is 4.79 Å². The van der Waals surface area contributed by atoms with Crippen molar-refractivity contribution in [1.29, 1.82) is 0 Å². The van der Waals surface area contributed by atoms with Crippen molar-refractivity contribution in [2.75, 3.05) is 33.2 Å². The number of nitrogens with one attached hydrogen (secondary N) is 2. The molecule has 1 aromatic rings. The number of carbonyl (C=O) groups is 1. The van der Waals surface area contributed by atoms with Gasteiger partial charge in [0.15, 0.2) is 11.5 Å². The van der Waals surface area contributed by atoms with Crippen LogP contribution >= 0.6 is 0 Å². The maximum absolute atomic E-state index is 12.1. The predicted molar refractivity (Wildman–Crippen MR) is 80.4 cm³/mol. The Morgan fingerprint density at radius 1 is 1.24 bits per heavy atom. The Hall–Kier alpha value is -1.95. The highest BCUT2D eigenvalue weighted by Crippen LogP contribution is 2.42. The Balaban J connectivity index is 2.13. The van der Waals surface area contributed by atoms with Gasteiger partial charge in [0.25, 0.3) is 0 Å². The second-order valence-electron chi connectivity index (χ2n) is 4.93. The molecule has 1 amide bonds. The third kappa shape index (κ3) is 3.58. The zero-order chi connectivity index (χ0) is 15.2. The third-order valence-electron chi connectivity index (χ3n) is 3.57. The number of benzene rings is 1. The summed E-state index contributed by atoms with van der Waals surface area (Å²) in [5.41, 5.74) is 0.582. The Morgan fingerprint density at radius 3 is 2.57 bits per heavy atom. The minimum absolute atomic E-state index is 0.0417. The summed E-state index contributed by atoms with van der Waals surface area (Å²) in [6, 6.07) is 3.75. The molecule has 0 radical (unpaired) electrons. The molecule has 2 rings (SSSR count). The first-order valence-corrected chi connectivity index (χ1v) is 7.01. The average Bonchev–Trinajstić information content (AvgIpc) is 2.99. The number of hydrogen-bond donors (Lipinski definition) is 2. The summed E-state index contributed by atoms with van der Waals surface area (Å²) >= 11 is 0. The van der Waals surface area contributed by atoms with E-state index in [-0.39, 0.29) is 11.9 Å². The summed E-state index contributed by atoms with van der Waals surface area (Å²) in [6.45, 7) is 0.984. The van der Waals surface area contributed by atoms with Crippen LogP contribution in [0.4, 0.5) is 5.69 Å². The lowest BCUT2D eigenvalue weighted by Gasteiger charge is -2.17. The van der Waals surface area contributed by atoms with E-state index in [0.29, 0.717) is 29.4 Å². The third-order valence-corrected chi connectivity index (χ3v) is 3.57. The molecule has 1 aliphatic rings. The number of methoxy groups -OCH3 is 3. The number of rotatable bonds is 6. The van der Waals surface area contributed by atoms with Gasteiger partial charge in [-0.2, -0.15) is 0 Å². The van der Waals surface area contributed by atoms with Gasteiger partial charge in [0, 0.05) is 12.5 Å².